The van der Waals surface area contributed by atoms with E-state index in [1.54, 1.807) is 6.20 Å². The number of ether oxygens (including phenoxy) is 1. The van der Waals surface area contributed by atoms with Gasteiger partial charge in [0.05, 0.1) is 12.5 Å². The molecule has 3 aromatic rings. The number of nitrogens with two attached hydrogens (primary N) is 1. The average molecular weight is 444 g/mol. The first kappa shape index (κ1) is 21.9. The van der Waals surface area contributed by atoms with E-state index < -0.39 is 12.0 Å². The Morgan fingerprint density at radius 2 is 1.85 bits per heavy atom. The molecule has 0 saturated carbocycles. The number of hydrogen-bond acceptors (Lipinski definition) is 8. The number of carbonyl (C=O) groups is 2. The van der Waals surface area contributed by atoms with E-state index in [0.29, 0.717) is 0 Å². The van der Waals surface area contributed by atoms with Gasteiger partial charge >= 0.3 is 5.97 Å². The van der Waals surface area contributed by atoms with Crippen LogP contribution >= 0.6 is 0 Å². The molecule has 4 rings (SSSR count). The van der Waals surface area contributed by atoms with Crippen LogP contribution in [0.2, 0.25) is 0 Å². The monoisotopic (exact) mass is 444 g/mol. The lowest BCUT2D eigenvalue weighted by atomic mass is 9.94. The van der Waals surface area contributed by atoms with Crippen molar-refractivity contribution in [1.29, 1.82) is 0 Å². The molecule has 33 heavy (non-hydrogen) atoms. The molecule has 9 heteroatoms. The molecule has 0 saturated heterocycles. The minimum Gasteiger partial charge on any atom is -0.457 e. The van der Waals surface area contributed by atoms with Gasteiger partial charge < -0.3 is 20.7 Å². The summed E-state index contributed by atoms with van der Waals surface area (Å²) < 4.78 is 5.41. The molecule has 1 aromatic heterocycles. The molecule has 0 radical (unpaired) electrons. The van der Waals surface area contributed by atoms with E-state index in [4.69, 9.17) is 10.5 Å². The fourth-order valence-electron chi connectivity index (χ4n) is 3.60. The number of aryl methyl sites for hydroxylation is 1. The largest absolute Gasteiger partial charge is 0.457 e. The van der Waals surface area contributed by atoms with Crippen molar-refractivity contribution in [2.45, 2.75) is 32.9 Å². The Labute approximate surface area is 191 Å². The zero-order valence-electron chi connectivity index (χ0n) is 18.4. The molecule has 0 unspecified atom stereocenters. The van der Waals surface area contributed by atoms with Crippen LogP contribution in [-0.2, 0) is 20.9 Å². The topological polar surface area (TPSA) is 123 Å². The molecule has 2 heterocycles. The molecule has 3 N–H and O–H groups in total. The summed E-state index contributed by atoms with van der Waals surface area (Å²) in [5.74, 6) is -0.150. The van der Waals surface area contributed by atoms with E-state index in [0.717, 1.165) is 22.4 Å². The lowest BCUT2D eigenvalue weighted by Crippen LogP contribution is -2.32. The van der Waals surface area contributed by atoms with Crippen LogP contribution in [0.4, 0.5) is 17.6 Å². The first-order valence-corrected chi connectivity index (χ1v) is 10.4. The van der Waals surface area contributed by atoms with E-state index >= 15 is 0 Å². The number of fused-ring (bicyclic) bond motifs is 1. The van der Waals surface area contributed by atoms with Gasteiger partial charge in [-0.1, -0.05) is 42.0 Å². The average Bonchev–Trinajstić information content (AvgIpc) is 2.79. The Morgan fingerprint density at radius 3 is 2.61 bits per heavy atom. The number of carbonyl (C=O) groups excluding carboxylic acids is 2. The van der Waals surface area contributed by atoms with Crippen LogP contribution in [0.5, 0.6) is 0 Å². The fourth-order valence-corrected chi connectivity index (χ4v) is 3.60. The lowest BCUT2D eigenvalue weighted by molar-refractivity contribution is -0.147. The van der Waals surface area contributed by atoms with E-state index in [1.807, 2.05) is 61.5 Å². The minimum atomic E-state index is -0.483. The highest BCUT2D eigenvalue weighted by atomic mass is 16.5. The highest BCUT2D eigenvalue weighted by Crippen LogP contribution is 2.33. The minimum absolute atomic E-state index is 0.00400. The van der Waals surface area contributed by atoms with Crippen LogP contribution in [0, 0.1) is 6.92 Å². The molecule has 0 fully saturated rings. The van der Waals surface area contributed by atoms with Crippen LogP contribution < -0.4 is 11.1 Å². The second-order valence-electron chi connectivity index (χ2n) is 7.68. The van der Waals surface area contributed by atoms with Crippen LogP contribution in [0.25, 0.3) is 6.08 Å². The summed E-state index contributed by atoms with van der Waals surface area (Å²) in [4.78, 5) is 38.7. The maximum atomic E-state index is 12.7. The maximum absolute atomic E-state index is 12.7. The SMILES string of the molecule is CC(=O)N1C=Cc2ccccc2[C@@H]1CC(=O)OCc1nc(N)nc(Nc2ccc(C)cc2)n1. The summed E-state index contributed by atoms with van der Waals surface area (Å²) in [6.45, 7) is 3.29. The smallest absolute Gasteiger partial charge is 0.308 e. The van der Waals surface area contributed by atoms with Gasteiger partial charge in [-0.25, -0.2) is 0 Å². The fraction of sp³-hybridized carbons (Fsp3) is 0.208. The van der Waals surface area contributed by atoms with E-state index in [1.165, 1.54) is 11.8 Å². The highest BCUT2D eigenvalue weighted by Gasteiger charge is 2.28. The summed E-state index contributed by atoms with van der Waals surface area (Å²) in [6, 6.07) is 14.9. The van der Waals surface area contributed by atoms with Crippen LogP contribution in [0.15, 0.2) is 54.7 Å². The van der Waals surface area contributed by atoms with Crippen molar-refractivity contribution >= 4 is 35.5 Å². The van der Waals surface area contributed by atoms with Crippen LogP contribution in [0.1, 0.15) is 41.9 Å². The van der Waals surface area contributed by atoms with Crippen molar-refractivity contribution in [3.05, 3.63) is 77.2 Å². The van der Waals surface area contributed by atoms with Gasteiger partial charge in [0.15, 0.2) is 12.4 Å². The van der Waals surface area contributed by atoms with Crippen LogP contribution in [-0.4, -0.2) is 31.7 Å². The van der Waals surface area contributed by atoms with Crippen molar-refractivity contribution in [3.8, 4) is 0 Å². The van der Waals surface area contributed by atoms with Gasteiger partial charge in [0, 0.05) is 18.8 Å². The Bertz CT molecular complexity index is 1210. The van der Waals surface area contributed by atoms with Gasteiger partial charge in [-0.05, 0) is 36.3 Å². The predicted molar refractivity (Wildman–Crippen MR) is 124 cm³/mol. The molecule has 0 aliphatic carbocycles. The molecule has 1 aliphatic rings. The molecular weight excluding hydrogens is 420 g/mol. The standard InChI is InChI=1S/C24H24N6O3/c1-15-7-9-18(10-8-15)26-24-28-21(27-23(25)29-24)14-33-22(32)13-20-19-6-4-3-5-17(19)11-12-30(20)16(2)31/h3-12,20H,13-14H2,1-2H3,(H3,25,26,27,28,29)/t20-/m0/s1. The number of nitrogens with zero attached hydrogens (tertiary/aromatic N) is 4. The number of anilines is 3. The maximum Gasteiger partial charge on any atom is 0.308 e. The van der Waals surface area contributed by atoms with Crippen molar-refractivity contribution in [2.75, 3.05) is 11.1 Å². The first-order chi connectivity index (χ1) is 15.9. The van der Waals surface area contributed by atoms with E-state index in [9.17, 15) is 9.59 Å². The normalized spacial score (nSPS) is 14.5. The Kier molecular flexibility index (Phi) is 6.30. The number of nitrogen functional groups attached to an aromatic ring is 1. The summed E-state index contributed by atoms with van der Waals surface area (Å²) in [6.07, 6.45) is 3.54. The van der Waals surface area contributed by atoms with Crippen molar-refractivity contribution in [3.63, 3.8) is 0 Å². The third kappa shape index (κ3) is 5.32. The molecule has 0 spiro atoms. The van der Waals surface area contributed by atoms with Gasteiger partial charge in [0.25, 0.3) is 0 Å². The second kappa shape index (κ2) is 9.47. The van der Waals surface area contributed by atoms with Crippen molar-refractivity contribution in [1.82, 2.24) is 19.9 Å². The third-order valence-corrected chi connectivity index (χ3v) is 5.20. The third-order valence-electron chi connectivity index (χ3n) is 5.20. The zero-order valence-corrected chi connectivity index (χ0v) is 18.4. The van der Waals surface area contributed by atoms with Crippen molar-refractivity contribution < 1.29 is 14.3 Å². The molecule has 168 valence electrons. The molecule has 1 aliphatic heterocycles. The number of aromatic nitrogens is 3. The Hall–Kier alpha value is -4.27. The number of benzene rings is 2. The number of esters is 1. The lowest BCUT2D eigenvalue weighted by Gasteiger charge is -2.32. The van der Waals surface area contributed by atoms with Gasteiger partial charge in [-0.2, -0.15) is 15.0 Å². The van der Waals surface area contributed by atoms with Gasteiger partial charge in [0.2, 0.25) is 17.8 Å². The number of hydrogen-bond donors (Lipinski definition) is 2. The van der Waals surface area contributed by atoms with Gasteiger partial charge in [0.1, 0.15) is 0 Å². The predicted octanol–water partition coefficient (Wildman–Crippen LogP) is 3.51. The molecule has 2 aromatic carbocycles. The number of amides is 1. The molecule has 1 atom stereocenters. The van der Waals surface area contributed by atoms with Gasteiger partial charge in [-0.15, -0.1) is 0 Å². The highest BCUT2D eigenvalue weighted by molar-refractivity contribution is 5.80. The number of nitrogens with one attached hydrogen (secondary N) is 1. The van der Waals surface area contributed by atoms with E-state index in [-0.39, 0.29) is 36.7 Å². The van der Waals surface area contributed by atoms with E-state index in [2.05, 4.69) is 20.3 Å². The molecule has 0 bridgehead atoms. The summed E-state index contributed by atoms with van der Waals surface area (Å²) in [5, 5.41) is 3.06. The Morgan fingerprint density at radius 1 is 1.09 bits per heavy atom. The molecular formula is C24H24N6O3. The molecule has 1 amide bonds. The quantitative estimate of drug-likeness (QED) is 0.554. The van der Waals surface area contributed by atoms with Crippen LogP contribution in [0.3, 0.4) is 0 Å². The molecule has 9 nitrogen and oxygen atoms in total. The van der Waals surface area contributed by atoms with Gasteiger partial charge in [-0.3, -0.25) is 9.59 Å². The number of rotatable bonds is 6. The van der Waals surface area contributed by atoms with Crippen molar-refractivity contribution in [2.24, 2.45) is 0 Å². The Balaban J connectivity index is 1.43. The summed E-state index contributed by atoms with van der Waals surface area (Å²) in [5.41, 5.74) is 9.58. The second-order valence-corrected chi connectivity index (χ2v) is 7.68. The first-order valence-electron chi connectivity index (χ1n) is 10.4. The summed E-state index contributed by atoms with van der Waals surface area (Å²) in [7, 11) is 0. The summed E-state index contributed by atoms with van der Waals surface area (Å²) >= 11 is 0. The zero-order chi connectivity index (χ0) is 23.4.